The monoisotopic (exact) mass is 282 g/mol. The van der Waals surface area contributed by atoms with Gasteiger partial charge in [0.1, 0.15) is 0 Å². The molecule has 0 aromatic heterocycles. The average molecular weight is 282 g/mol. The summed E-state index contributed by atoms with van der Waals surface area (Å²) in [5.41, 5.74) is 0.307. The number of carbonyl (C=O) groups excluding carboxylic acids is 1. The third-order valence-corrected chi connectivity index (χ3v) is 3.74. The highest BCUT2D eigenvalue weighted by molar-refractivity contribution is 7.98. The normalized spacial score (nSPS) is 10.5. The molecule has 19 heavy (non-hydrogen) atoms. The molecule has 1 N–H and O–H groups in total. The largest absolute Gasteiger partial charge is 0.349 e. The number of hydrogen-bond donors (Lipinski definition) is 1. The van der Waals surface area contributed by atoms with Gasteiger partial charge in [-0.15, -0.1) is 11.8 Å². The first-order chi connectivity index (χ1) is 9.03. The van der Waals surface area contributed by atoms with Gasteiger partial charge in [0.05, 0.1) is 9.82 Å². The zero-order chi connectivity index (χ0) is 14.4. The van der Waals surface area contributed by atoms with Gasteiger partial charge in [-0.1, -0.05) is 13.8 Å². The second-order valence-electron chi connectivity index (χ2n) is 4.13. The molecular formula is C13H18N2O3S. The predicted octanol–water partition coefficient (Wildman–Crippen LogP) is 3.24. The quantitative estimate of drug-likeness (QED) is 0.494. The van der Waals surface area contributed by atoms with Crippen LogP contribution in [-0.4, -0.2) is 23.1 Å². The van der Waals surface area contributed by atoms with Crippen LogP contribution in [0, 0.1) is 10.1 Å². The van der Waals surface area contributed by atoms with E-state index < -0.39 is 4.92 Å². The highest BCUT2D eigenvalue weighted by atomic mass is 32.2. The summed E-state index contributed by atoms with van der Waals surface area (Å²) in [6.07, 6.45) is 3.45. The average Bonchev–Trinajstić information content (AvgIpc) is 2.43. The van der Waals surface area contributed by atoms with Crippen LogP contribution in [0.3, 0.4) is 0 Å². The summed E-state index contributed by atoms with van der Waals surface area (Å²) in [5.74, 6) is -0.260. The van der Waals surface area contributed by atoms with E-state index in [0.29, 0.717) is 10.5 Å². The van der Waals surface area contributed by atoms with Crippen molar-refractivity contribution in [1.29, 1.82) is 0 Å². The molecule has 0 saturated carbocycles. The van der Waals surface area contributed by atoms with Gasteiger partial charge in [0.2, 0.25) is 0 Å². The Morgan fingerprint density at radius 2 is 2.05 bits per heavy atom. The number of thioether (sulfide) groups is 1. The van der Waals surface area contributed by atoms with Crippen LogP contribution in [0.2, 0.25) is 0 Å². The molecule has 0 unspecified atom stereocenters. The fourth-order valence-electron chi connectivity index (χ4n) is 1.74. The zero-order valence-electron chi connectivity index (χ0n) is 11.3. The standard InChI is InChI=1S/C13H18N2O3S/c1-4-10(5-2)14-13(16)9-6-7-12(19-3)11(8-9)15(17)18/h6-8,10H,4-5H2,1-3H3,(H,14,16). The maximum absolute atomic E-state index is 12.0. The van der Waals surface area contributed by atoms with Crippen LogP contribution in [0.25, 0.3) is 0 Å². The van der Waals surface area contributed by atoms with Gasteiger partial charge in [-0.3, -0.25) is 14.9 Å². The van der Waals surface area contributed by atoms with Crippen LogP contribution >= 0.6 is 11.8 Å². The predicted molar refractivity (Wildman–Crippen MR) is 76.7 cm³/mol. The van der Waals surface area contributed by atoms with Gasteiger partial charge >= 0.3 is 0 Å². The van der Waals surface area contributed by atoms with Crippen molar-refractivity contribution in [2.45, 2.75) is 37.6 Å². The van der Waals surface area contributed by atoms with E-state index >= 15 is 0 Å². The Balaban J connectivity index is 2.98. The van der Waals surface area contributed by atoms with Gasteiger partial charge in [0.15, 0.2) is 0 Å². The van der Waals surface area contributed by atoms with Crippen molar-refractivity contribution in [3.63, 3.8) is 0 Å². The number of amides is 1. The lowest BCUT2D eigenvalue weighted by Gasteiger charge is -2.14. The number of nitrogens with one attached hydrogen (secondary N) is 1. The van der Waals surface area contributed by atoms with Crippen LogP contribution in [0.5, 0.6) is 0 Å². The molecular weight excluding hydrogens is 264 g/mol. The zero-order valence-corrected chi connectivity index (χ0v) is 12.1. The molecule has 0 fully saturated rings. The molecule has 1 aromatic carbocycles. The Kier molecular flexibility index (Phi) is 5.82. The molecule has 1 amide bonds. The van der Waals surface area contributed by atoms with Crippen molar-refractivity contribution < 1.29 is 9.72 Å². The van der Waals surface area contributed by atoms with Gasteiger partial charge in [-0.2, -0.15) is 0 Å². The SMILES string of the molecule is CCC(CC)NC(=O)c1ccc(SC)c([N+](=O)[O-])c1. The summed E-state index contributed by atoms with van der Waals surface area (Å²) in [7, 11) is 0. The first kappa shape index (κ1) is 15.5. The molecule has 5 nitrogen and oxygen atoms in total. The molecule has 0 spiro atoms. The fraction of sp³-hybridized carbons (Fsp3) is 0.462. The summed E-state index contributed by atoms with van der Waals surface area (Å²) >= 11 is 1.29. The number of nitro benzene ring substituents is 1. The smallest absolute Gasteiger partial charge is 0.283 e. The van der Waals surface area contributed by atoms with Crippen molar-refractivity contribution in [2.75, 3.05) is 6.26 Å². The maximum atomic E-state index is 12.0. The lowest BCUT2D eigenvalue weighted by molar-refractivity contribution is -0.387. The minimum Gasteiger partial charge on any atom is -0.349 e. The maximum Gasteiger partial charge on any atom is 0.283 e. The van der Waals surface area contributed by atoms with Gasteiger partial charge in [0.25, 0.3) is 11.6 Å². The fourth-order valence-corrected chi connectivity index (χ4v) is 2.28. The van der Waals surface area contributed by atoms with E-state index in [0.717, 1.165) is 12.8 Å². The number of nitro groups is 1. The summed E-state index contributed by atoms with van der Waals surface area (Å²) in [6, 6.07) is 4.68. The number of nitrogens with zero attached hydrogens (tertiary/aromatic N) is 1. The molecule has 6 heteroatoms. The summed E-state index contributed by atoms with van der Waals surface area (Å²) < 4.78 is 0. The molecule has 0 bridgehead atoms. The molecule has 1 rings (SSSR count). The molecule has 0 heterocycles. The van der Waals surface area contributed by atoms with Crippen molar-refractivity contribution >= 4 is 23.4 Å². The van der Waals surface area contributed by atoms with E-state index in [9.17, 15) is 14.9 Å². The highest BCUT2D eigenvalue weighted by Gasteiger charge is 2.18. The Hall–Kier alpha value is -1.56. The molecule has 1 aromatic rings. The van der Waals surface area contributed by atoms with Crippen molar-refractivity contribution in [2.24, 2.45) is 0 Å². The minimum atomic E-state index is -0.459. The van der Waals surface area contributed by atoms with E-state index in [1.54, 1.807) is 18.4 Å². The number of rotatable bonds is 6. The van der Waals surface area contributed by atoms with E-state index in [4.69, 9.17) is 0 Å². The lowest BCUT2D eigenvalue weighted by atomic mass is 10.1. The summed E-state index contributed by atoms with van der Waals surface area (Å²) in [5, 5.41) is 13.8. The Labute approximate surface area is 116 Å². The van der Waals surface area contributed by atoms with E-state index in [2.05, 4.69) is 5.32 Å². The van der Waals surface area contributed by atoms with Crippen LogP contribution < -0.4 is 5.32 Å². The topological polar surface area (TPSA) is 72.2 Å². The first-order valence-corrected chi connectivity index (χ1v) is 7.39. The van der Waals surface area contributed by atoms with Gasteiger partial charge in [-0.25, -0.2) is 0 Å². The van der Waals surface area contributed by atoms with Crippen molar-refractivity contribution in [3.05, 3.63) is 33.9 Å². The number of hydrogen-bond acceptors (Lipinski definition) is 4. The van der Waals surface area contributed by atoms with Gasteiger partial charge in [-0.05, 0) is 31.2 Å². The Morgan fingerprint density at radius 1 is 1.42 bits per heavy atom. The molecule has 0 aliphatic heterocycles. The Morgan fingerprint density at radius 3 is 2.53 bits per heavy atom. The van der Waals surface area contributed by atoms with E-state index in [1.807, 2.05) is 13.8 Å². The third kappa shape index (κ3) is 3.96. The molecule has 0 aliphatic carbocycles. The van der Waals surface area contributed by atoms with E-state index in [-0.39, 0.29) is 17.6 Å². The Bertz CT molecular complexity index is 473. The molecule has 0 aliphatic rings. The molecule has 0 atom stereocenters. The number of benzene rings is 1. The highest BCUT2D eigenvalue weighted by Crippen LogP contribution is 2.28. The molecule has 104 valence electrons. The lowest BCUT2D eigenvalue weighted by Crippen LogP contribution is -2.33. The third-order valence-electron chi connectivity index (χ3n) is 2.96. The minimum absolute atomic E-state index is 0.0234. The first-order valence-electron chi connectivity index (χ1n) is 6.16. The van der Waals surface area contributed by atoms with Crippen LogP contribution in [0.1, 0.15) is 37.0 Å². The molecule has 0 saturated heterocycles. The summed E-state index contributed by atoms with van der Waals surface area (Å²) in [4.78, 5) is 23.1. The van der Waals surface area contributed by atoms with Crippen LogP contribution in [-0.2, 0) is 0 Å². The second kappa shape index (κ2) is 7.13. The van der Waals surface area contributed by atoms with Gasteiger partial charge < -0.3 is 5.32 Å². The molecule has 0 radical (unpaired) electrons. The number of carbonyl (C=O) groups is 1. The second-order valence-corrected chi connectivity index (χ2v) is 4.98. The van der Waals surface area contributed by atoms with E-state index in [1.165, 1.54) is 17.8 Å². The van der Waals surface area contributed by atoms with Crippen LogP contribution in [0.15, 0.2) is 23.1 Å². The summed E-state index contributed by atoms with van der Waals surface area (Å²) in [6.45, 7) is 3.99. The van der Waals surface area contributed by atoms with Crippen molar-refractivity contribution in [3.8, 4) is 0 Å². The van der Waals surface area contributed by atoms with Gasteiger partial charge in [0, 0.05) is 17.7 Å². The van der Waals surface area contributed by atoms with Crippen molar-refractivity contribution in [1.82, 2.24) is 5.32 Å². The van der Waals surface area contributed by atoms with Crippen LogP contribution in [0.4, 0.5) is 5.69 Å².